The topological polar surface area (TPSA) is 82.2 Å². The highest BCUT2D eigenvalue weighted by Crippen LogP contribution is 2.35. The Balaban J connectivity index is 1.27. The number of amides is 1. The maximum atomic E-state index is 12.7. The van der Waals surface area contributed by atoms with Gasteiger partial charge in [-0.05, 0) is 24.3 Å². The molecule has 0 saturated carbocycles. The first-order valence-corrected chi connectivity index (χ1v) is 9.41. The molecule has 2 saturated heterocycles. The molecule has 1 amide bonds. The van der Waals surface area contributed by atoms with Crippen LogP contribution in [0.4, 0.5) is 11.5 Å². The van der Waals surface area contributed by atoms with E-state index in [-0.39, 0.29) is 12.7 Å². The number of benzene rings is 1. The monoisotopic (exact) mass is 383 g/mol. The van der Waals surface area contributed by atoms with Gasteiger partial charge in [0.05, 0.1) is 13.2 Å². The summed E-state index contributed by atoms with van der Waals surface area (Å²) in [5, 5.41) is 2.90. The van der Waals surface area contributed by atoms with Crippen molar-refractivity contribution in [3.63, 3.8) is 0 Å². The average Bonchev–Trinajstić information content (AvgIpc) is 3.38. The van der Waals surface area contributed by atoms with E-state index in [1.54, 1.807) is 30.5 Å². The van der Waals surface area contributed by atoms with E-state index in [1.807, 2.05) is 6.07 Å². The van der Waals surface area contributed by atoms with Crippen molar-refractivity contribution in [3.05, 3.63) is 42.1 Å². The number of hydrogen-bond donors (Lipinski definition) is 1. The summed E-state index contributed by atoms with van der Waals surface area (Å²) in [4.78, 5) is 19.3. The van der Waals surface area contributed by atoms with Crippen molar-refractivity contribution < 1.29 is 23.7 Å². The van der Waals surface area contributed by atoms with Crippen molar-refractivity contribution in [1.29, 1.82) is 0 Å². The number of pyridine rings is 1. The molecule has 0 radical (unpaired) electrons. The van der Waals surface area contributed by atoms with Crippen LogP contribution in [0.15, 0.2) is 36.5 Å². The van der Waals surface area contributed by atoms with Crippen LogP contribution in [0.25, 0.3) is 0 Å². The molecular weight excluding hydrogens is 362 g/mol. The summed E-state index contributed by atoms with van der Waals surface area (Å²) in [5.41, 5.74) is 1.21. The van der Waals surface area contributed by atoms with E-state index in [0.717, 1.165) is 31.7 Å². The van der Waals surface area contributed by atoms with Crippen molar-refractivity contribution in [2.45, 2.75) is 18.6 Å². The Morgan fingerprint density at radius 3 is 2.64 bits per heavy atom. The second-order valence-corrected chi connectivity index (χ2v) is 7.02. The van der Waals surface area contributed by atoms with Crippen LogP contribution in [-0.2, 0) is 9.47 Å². The van der Waals surface area contributed by atoms with Crippen molar-refractivity contribution in [1.82, 2.24) is 4.98 Å². The predicted molar refractivity (Wildman–Crippen MR) is 101 cm³/mol. The minimum atomic E-state index is -0.426. The maximum Gasteiger partial charge on any atom is 0.255 e. The molecule has 0 atom stereocenters. The molecule has 146 valence electrons. The molecule has 8 nitrogen and oxygen atoms in total. The lowest BCUT2D eigenvalue weighted by atomic mass is 10.0. The quantitative estimate of drug-likeness (QED) is 0.871. The first-order valence-electron chi connectivity index (χ1n) is 9.41. The van der Waals surface area contributed by atoms with Crippen LogP contribution < -0.4 is 19.7 Å². The van der Waals surface area contributed by atoms with E-state index in [0.29, 0.717) is 36.0 Å². The molecular formula is C20H21N3O5. The minimum Gasteiger partial charge on any atom is -0.454 e. The van der Waals surface area contributed by atoms with E-state index < -0.39 is 5.79 Å². The number of ether oxygens (including phenoxy) is 4. The van der Waals surface area contributed by atoms with Crippen LogP contribution in [0.2, 0.25) is 0 Å². The summed E-state index contributed by atoms with van der Waals surface area (Å²) in [6.45, 7) is 3.08. The van der Waals surface area contributed by atoms with Gasteiger partial charge in [0.25, 0.3) is 5.91 Å². The van der Waals surface area contributed by atoms with Crippen molar-refractivity contribution in [3.8, 4) is 11.5 Å². The number of nitrogens with zero attached hydrogens (tertiary/aromatic N) is 2. The van der Waals surface area contributed by atoms with Crippen LogP contribution in [0, 0.1) is 0 Å². The second kappa shape index (κ2) is 6.96. The summed E-state index contributed by atoms with van der Waals surface area (Å²) in [7, 11) is 0. The molecule has 1 aromatic carbocycles. The Kier molecular flexibility index (Phi) is 4.29. The van der Waals surface area contributed by atoms with Gasteiger partial charge in [0.1, 0.15) is 5.82 Å². The summed E-state index contributed by atoms with van der Waals surface area (Å²) >= 11 is 0. The largest absolute Gasteiger partial charge is 0.454 e. The van der Waals surface area contributed by atoms with Gasteiger partial charge in [-0.1, -0.05) is 0 Å². The highest BCUT2D eigenvalue weighted by molar-refractivity contribution is 6.04. The number of piperidine rings is 1. The van der Waals surface area contributed by atoms with Crippen molar-refractivity contribution in [2.75, 3.05) is 43.3 Å². The Bertz CT molecular complexity index is 887. The molecule has 0 unspecified atom stereocenters. The maximum absolute atomic E-state index is 12.7. The zero-order valence-electron chi connectivity index (χ0n) is 15.3. The number of nitrogens with one attached hydrogen (secondary N) is 1. The Morgan fingerprint density at radius 1 is 1.04 bits per heavy atom. The lowest BCUT2D eigenvalue weighted by Gasteiger charge is -2.38. The molecule has 1 aromatic heterocycles. The van der Waals surface area contributed by atoms with Crippen LogP contribution in [-0.4, -0.2) is 49.8 Å². The molecule has 1 N–H and O–H groups in total. The molecule has 1 spiro atoms. The summed E-state index contributed by atoms with van der Waals surface area (Å²) in [6.07, 6.45) is 3.25. The Hall–Kier alpha value is -2.84. The van der Waals surface area contributed by atoms with Gasteiger partial charge in [0, 0.05) is 49.4 Å². The number of fused-ring (bicyclic) bond motifs is 1. The number of rotatable bonds is 3. The molecule has 3 aliphatic rings. The van der Waals surface area contributed by atoms with Gasteiger partial charge in [-0.2, -0.15) is 0 Å². The first-order chi connectivity index (χ1) is 13.7. The van der Waals surface area contributed by atoms with Gasteiger partial charge >= 0.3 is 0 Å². The SMILES string of the molecule is O=C(Nc1ccc2c(c1)OCO2)c1ccnc(N2CCC3(CC2)OCCO3)c1. The molecule has 0 aliphatic carbocycles. The number of carbonyl (C=O) groups is 1. The van der Waals surface area contributed by atoms with Gasteiger partial charge in [0.2, 0.25) is 6.79 Å². The van der Waals surface area contributed by atoms with E-state index in [9.17, 15) is 4.79 Å². The van der Waals surface area contributed by atoms with E-state index in [2.05, 4.69) is 15.2 Å². The first kappa shape index (κ1) is 17.3. The van der Waals surface area contributed by atoms with E-state index in [1.165, 1.54) is 0 Å². The highest BCUT2D eigenvalue weighted by atomic mass is 16.7. The molecule has 28 heavy (non-hydrogen) atoms. The number of carbonyl (C=O) groups excluding carboxylic acids is 1. The van der Waals surface area contributed by atoms with E-state index in [4.69, 9.17) is 18.9 Å². The normalized spacial score (nSPS) is 19.8. The fourth-order valence-corrected chi connectivity index (χ4v) is 3.77. The zero-order valence-corrected chi connectivity index (χ0v) is 15.3. The van der Waals surface area contributed by atoms with Gasteiger partial charge in [-0.25, -0.2) is 4.98 Å². The lowest BCUT2D eigenvalue weighted by molar-refractivity contribution is -0.169. The summed E-state index contributed by atoms with van der Waals surface area (Å²) < 4.78 is 22.2. The second-order valence-electron chi connectivity index (χ2n) is 7.02. The molecule has 0 bridgehead atoms. The summed E-state index contributed by atoms with van der Waals surface area (Å²) in [6, 6.07) is 8.86. The van der Waals surface area contributed by atoms with Crippen LogP contribution in [0.1, 0.15) is 23.2 Å². The van der Waals surface area contributed by atoms with Crippen LogP contribution >= 0.6 is 0 Å². The number of aromatic nitrogens is 1. The van der Waals surface area contributed by atoms with E-state index >= 15 is 0 Å². The number of hydrogen-bond acceptors (Lipinski definition) is 7. The third-order valence-corrected chi connectivity index (χ3v) is 5.30. The summed E-state index contributed by atoms with van der Waals surface area (Å²) in [5.74, 6) is 1.48. The molecule has 3 aliphatic heterocycles. The molecule has 4 heterocycles. The molecule has 5 rings (SSSR count). The fourth-order valence-electron chi connectivity index (χ4n) is 3.77. The fraction of sp³-hybridized carbons (Fsp3) is 0.400. The average molecular weight is 383 g/mol. The molecule has 8 heteroatoms. The Morgan fingerprint density at radius 2 is 1.82 bits per heavy atom. The third-order valence-electron chi connectivity index (χ3n) is 5.30. The van der Waals surface area contributed by atoms with Crippen LogP contribution in [0.5, 0.6) is 11.5 Å². The third kappa shape index (κ3) is 3.25. The van der Waals surface area contributed by atoms with Gasteiger partial charge in [0.15, 0.2) is 17.3 Å². The molecule has 2 aromatic rings. The lowest BCUT2D eigenvalue weighted by Crippen LogP contribution is -2.45. The Labute approximate surface area is 162 Å². The van der Waals surface area contributed by atoms with Gasteiger partial charge < -0.3 is 29.2 Å². The molecule has 2 fully saturated rings. The highest BCUT2D eigenvalue weighted by Gasteiger charge is 2.40. The van der Waals surface area contributed by atoms with Crippen molar-refractivity contribution in [2.24, 2.45) is 0 Å². The number of anilines is 2. The standard InChI is InChI=1S/C20H21N3O5/c24-19(22-15-1-2-16-17(12-15)26-13-25-16)14-3-6-21-18(11-14)23-7-4-20(5-8-23)27-9-10-28-20/h1-3,6,11-12H,4-5,7-10,13H2,(H,22,24). The van der Waals surface area contributed by atoms with Gasteiger partial charge in [-0.3, -0.25) is 4.79 Å². The predicted octanol–water partition coefficient (Wildman–Crippen LogP) is 2.41. The minimum absolute atomic E-state index is 0.196. The van der Waals surface area contributed by atoms with Crippen molar-refractivity contribution >= 4 is 17.4 Å². The smallest absolute Gasteiger partial charge is 0.255 e. The zero-order chi connectivity index (χ0) is 19.0. The van der Waals surface area contributed by atoms with Crippen LogP contribution in [0.3, 0.4) is 0 Å². The van der Waals surface area contributed by atoms with Gasteiger partial charge in [-0.15, -0.1) is 0 Å².